The highest BCUT2D eigenvalue weighted by atomic mass is 16.3. The maximum Gasteiger partial charge on any atom is 0.0459 e. The van der Waals surface area contributed by atoms with Crippen molar-refractivity contribution in [1.82, 2.24) is 0 Å². The van der Waals surface area contributed by atoms with Gasteiger partial charge in [0.25, 0.3) is 0 Å². The summed E-state index contributed by atoms with van der Waals surface area (Å²) >= 11 is 0. The summed E-state index contributed by atoms with van der Waals surface area (Å²) in [5, 5.41) is 9.54. The third kappa shape index (κ3) is 18.3. The first-order valence-corrected chi connectivity index (χ1v) is 11.5. The van der Waals surface area contributed by atoms with Crippen LogP contribution in [0.1, 0.15) is 136 Å². The van der Waals surface area contributed by atoms with E-state index in [1.54, 1.807) is 0 Å². The van der Waals surface area contributed by atoms with Crippen molar-refractivity contribution in [3.05, 3.63) is 0 Å². The van der Waals surface area contributed by atoms with Gasteiger partial charge in [-0.3, -0.25) is 0 Å². The minimum atomic E-state index is 0.410. The van der Waals surface area contributed by atoms with Crippen molar-refractivity contribution in [2.45, 2.75) is 136 Å². The van der Waals surface area contributed by atoms with Gasteiger partial charge >= 0.3 is 0 Å². The van der Waals surface area contributed by atoms with E-state index >= 15 is 0 Å². The van der Waals surface area contributed by atoms with Gasteiger partial charge in [-0.25, -0.2) is 0 Å². The van der Waals surface area contributed by atoms with Gasteiger partial charge in [0.2, 0.25) is 0 Å². The Bertz CT molecular complexity index is 214. The molecule has 1 unspecified atom stereocenters. The molecule has 0 aromatic carbocycles. The molecule has 0 heterocycles. The number of hydrogen-bond acceptors (Lipinski definition) is 1. The molecule has 0 amide bonds. The molecular weight excluding hydrogens is 292 g/mol. The van der Waals surface area contributed by atoms with Gasteiger partial charge in [0.15, 0.2) is 0 Å². The molecule has 24 heavy (non-hydrogen) atoms. The third-order valence-electron chi connectivity index (χ3n) is 5.44. The number of rotatable bonds is 20. The van der Waals surface area contributed by atoms with Crippen LogP contribution in [0, 0.1) is 5.92 Å². The fourth-order valence-electron chi connectivity index (χ4n) is 3.64. The molecule has 0 aromatic rings. The third-order valence-corrected chi connectivity index (χ3v) is 5.44. The predicted molar refractivity (Wildman–Crippen MR) is 110 cm³/mol. The van der Waals surface area contributed by atoms with Crippen LogP contribution in [0.5, 0.6) is 0 Å². The van der Waals surface area contributed by atoms with Crippen LogP contribution in [0.2, 0.25) is 0 Å². The molecule has 1 heteroatoms. The highest BCUT2D eigenvalue weighted by Crippen LogP contribution is 2.19. The largest absolute Gasteiger partial charge is 0.396 e. The minimum absolute atomic E-state index is 0.410. The maximum absolute atomic E-state index is 9.54. The zero-order valence-electron chi connectivity index (χ0n) is 17.2. The average Bonchev–Trinajstić information content (AvgIpc) is 2.60. The maximum atomic E-state index is 9.54. The lowest BCUT2D eigenvalue weighted by Crippen LogP contribution is -2.06. The molecule has 0 aliphatic heterocycles. The Balaban J connectivity index is 3.27. The molecule has 0 aliphatic carbocycles. The second-order valence-corrected chi connectivity index (χ2v) is 7.93. The number of hydrogen-bond donors (Lipinski definition) is 1. The number of aliphatic hydroxyl groups is 1. The zero-order valence-corrected chi connectivity index (χ0v) is 17.2. The molecule has 0 aromatic heterocycles. The van der Waals surface area contributed by atoms with Crippen LogP contribution in [0.25, 0.3) is 0 Å². The second kappa shape index (κ2) is 21.0. The molecule has 0 saturated heterocycles. The van der Waals surface area contributed by atoms with Gasteiger partial charge in [-0.15, -0.1) is 0 Å². The lowest BCUT2D eigenvalue weighted by Gasteiger charge is -2.13. The summed E-state index contributed by atoms with van der Waals surface area (Å²) in [5.74, 6) is 0.578. The molecule has 0 bridgehead atoms. The van der Waals surface area contributed by atoms with E-state index in [4.69, 9.17) is 0 Å². The van der Waals surface area contributed by atoms with Gasteiger partial charge in [-0.2, -0.15) is 0 Å². The molecule has 0 saturated carbocycles. The first-order valence-electron chi connectivity index (χ1n) is 11.5. The lowest BCUT2D eigenvalue weighted by atomic mass is 9.95. The predicted octanol–water partition coefficient (Wildman–Crippen LogP) is 8.05. The van der Waals surface area contributed by atoms with Crippen molar-refractivity contribution < 1.29 is 5.11 Å². The van der Waals surface area contributed by atoms with Gasteiger partial charge < -0.3 is 5.11 Å². The normalized spacial score (nSPS) is 12.6. The average molecular weight is 341 g/mol. The molecule has 0 spiro atoms. The molecule has 0 fully saturated rings. The molecule has 0 rings (SSSR count). The Morgan fingerprint density at radius 3 is 1.04 bits per heavy atom. The van der Waals surface area contributed by atoms with Crippen LogP contribution in [-0.4, -0.2) is 11.7 Å². The van der Waals surface area contributed by atoms with E-state index < -0.39 is 0 Å². The second-order valence-electron chi connectivity index (χ2n) is 7.93. The number of aliphatic hydroxyl groups excluding tert-OH is 1. The van der Waals surface area contributed by atoms with E-state index in [2.05, 4.69) is 13.8 Å². The summed E-state index contributed by atoms with van der Waals surface area (Å²) in [7, 11) is 0. The standard InChI is InChI=1S/C23H48O/c1-3-5-7-9-11-12-13-15-17-19-21-23(22-24)20-18-16-14-10-8-6-4-2/h23-24H,3-22H2,1-2H3. The Kier molecular flexibility index (Phi) is 21.0. The summed E-state index contributed by atoms with van der Waals surface area (Å²) in [6.45, 7) is 4.97. The van der Waals surface area contributed by atoms with E-state index in [0.717, 1.165) is 0 Å². The van der Waals surface area contributed by atoms with Crippen molar-refractivity contribution in [1.29, 1.82) is 0 Å². The summed E-state index contributed by atoms with van der Waals surface area (Å²) < 4.78 is 0. The highest BCUT2D eigenvalue weighted by molar-refractivity contribution is 4.59. The molecule has 0 radical (unpaired) electrons. The van der Waals surface area contributed by atoms with E-state index in [1.807, 2.05) is 0 Å². The zero-order chi connectivity index (χ0) is 17.7. The van der Waals surface area contributed by atoms with Crippen LogP contribution in [0.4, 0.5) is 0 Å². The van der Waals surface area contributed by atoms with Crippen LogP contribution < -0.4 is 0 Å². The summed E-state index contributed by atoms with van der Waals surface area (Å²) in [6.07, 6.45) is 26.2. The molecule has 0 aliphatic rings. The minimum Gasteiger partial charge on any atom is -0.396 e. The fourth-order valence-corrected chi connectivity index (χ4v) is 3.64. The van der Waals surface area contributed by atoms with Crippen molar-refractivity contribution in [3.8, 4) is 0 Å². The monoisotopic (exact) mass is 340 g/mol. The highest BCUT2D eigenvalue weighted by Gasteiger charge is 2.06. The first kappa shape index (κ1) is 24.0. The van der Waals surface area contributed by atoms with E-state index in [-0.39, 0.29) is 0 Å². The summed E-state index contributed by atoms with van der Waals surface area (Å²) in [4.78, 5) is 0. The van der Waals surface area contributed by atoms with Crippen molar-refractivity contribution in [2.75, 3.05) is 6.61 Å². The van der Waals surface area contributed by atoms with Crippen LogP contribution in [0.3, 0.4) is 0 Å². The van der Waals surface area contributed by atoms with Crippen LogP contribution in [0.15, 0.2) is 0 Å². The Morgan fingerprint density at radius 1 is 0.458 bits per heavy atom. The molecule has 146 valence electrons. The van der Waals surface area contributed by atoms with Crippen molar-refractivity contribution in [2.24, 2.45) is 5.92 Å². The smallest absolute Gasteiger partial charge is 0.0459 e. The topological polar surface area (TPSA) is 20.2 Å². The van der Waals surface area contributed by atoms with Crippen LogP contribution in [-0.2, 0) is 0 Å². The molecular formula is C23H48O. The summed E-state index contributed by atoms with van der Waals surface area (Å²) in [6, 6.07) is 0. The molecule has 1 N–H and O–H groups in total. The van der Waals surface area contributed by atoms with Gasteiger partial charge in [-0.1, -0.05) is 123 Å². The quantitative estimate of drug-likeness (QED) is 0.222. The van der Waals surface area contributed by atoms with Crippen LogP contribution >= 0.6 is 0 Å². The Hall–Kier alpha value is -0.0400. The summed E-state index contributed by atoms with van der Waals surface area (Å²) in [5.41, 5.74) is 0. The fraction of sp³-hybridized carbons (Fsp3) is 1.00. The SMILES string of the molecule is CCCCCCCCCCCCC(CO)CCCCCCCCC. The van der Waals surface area contributed by atoms with Gasteiger partial charge in [-0.05, 0) is 18.8 Å². The van der Waals surface area contributed by atoms with E-state index in [1.165, 1.54) is 122 Å². The van der Waals surface area contributed by atoms with Gasteiger partial charge in [0.1, 0.15) is 0 Å². The van der Waals surface area contributed by atoms with Crippen molar-refractivity contribution >= 4 is 0 Å². The van der Waals surface area contributed by atoms with E-state index in [0.29, 0.717) is 12.5 Å². The Labute approximate surface area is 154 Å². The van der Waals surface area contributed by atoms with Gasteiger partial charge in [0.05, 0.1) is 0 Å². The first-order chi connectivity index (χ1) is 11.8. The van der Waals surface area contributed by atoms with Crippen molar-refractivity contribution in [3.63, 3.8) is 0 Å². The number of unbranched alkanes of at least 4 members (excludes halogenated alkanes) is 15. The van der Waals surface area contributed by atoms with Gasteiger partial charge in [0, 0.05) is 6.61 Å². The Morgan fingerprint density at radius 2 is 0.750 bits per heavy atom. The van der Waals surface area contributed by atoms with E-state index in [9.17, 15) is 5.11 Å². The molecule has 1 nitrogen and oxygen atoms in total. The lowest BCUT2D eigenvalue weighted by molar-refractivity contribution is 0.204. The molecule has 1 atom stereocenters.